The topological polar surface area (TPSA) is 118 Å². The van der Waals surface area contributed by atoms with E-state index < -0.39 is 6.10 Å². The number of carbonyl (C=O) groups excluding carboxylic acids is 2. The van der Waals surface area contributed by atoms with E-state index in [4.69, 9.17) is 14.2 Å². The lowest BCUT2D eigenvalue weighted by atomic mass is 10.0. The van der Waals surface area contributed by atoms with Crippen molar-refractivity contribution in [3.63, 3.8) is 0 Å². The SMILES string of the molecule is COc1ccc(CCNCC(O)COc2c(NC(C)=O)ccc3c2CCC(=O)N3)cc1OC. The molecule has 0 bridgehead atoms. The minimum Gasteiger partial charge on any atom is -0.493 e. The predicted octanol–water partition coefficient (Wildman–Crippen LogP) is 2.12. The molecule has 0 spiro atoms. The summed E-state index contributed by atoms with van der Waals surface area (Å²) in [5.41, 5.74) is 3.09. The highest BCUT2D eigenvalue weighted by atomic mass is 16.5. The van der Waals surface area contributed by atoms with Gasteiger partial charge in [-0.2, -0.15) is 0 Å². The van der Waals surface area contributed by atoms with Gasteiger partial charge in [-0.3, -0.25) is 9.59 Å². The van der Waals surface area contributed by atoms with Gasteiger partial charge in [-0.1, -0.05) is 6.07 Å². The minimum atomic E-state index is -0.755. The smallest absolute Gasteiger partial charge is 0.224 e. The molecule has 33 heavy (non-hydrogen) atoms. The number of nitrogens with one attached hydrogen (secondary N) is 3. The molecule has 1 aliphatic heterocycles. The van der Waals surface area contributed by atoms with Crippen LogP contribution in [0.4, 0.5) is 11.4 Å². The zero-order chi connectivity index (χ0) is 23.8. The summed E-state index contributed by atoms with van der Waals surface area (Å²) >= 11 is 0. The Kier molecular flexibility index (Phi) is 8.51. The molecule has 3 rings (SSSR count). The van der Waals surface area contributed by atoms with Crippen LogP contribution in [0.1, 0.15) is 24.5 Å². The Morgan fingerprint density at radius 3 is 2.67 bits per heavy atom. The van der Waals surface area contributed by atoms with Gasteiger partial charge in [0.05, 0.1) is 19.9 Å². The molecule has 0 aliphatic carbocycles. The Bertz CT molecular complexity index is 994. The van der Waals surface area contributed by atoms with Crippen LogP contribution in [0.15, 0.2) is 30.3 Å². The summed E-state index contributed by atoms with van der Waals surface area (Å²) in [6.45, 7) is 2.47. The molecule has 1 aliphatic rings. The van der Waals surface area contributed by atoms with Crippen molar-refractivity contribution in [2.24, 2.45) is 0 Å². The van der Waals surface area contributed by atoms with Gasteiger partial charge in [-0.15, -0.1) is 0 Å². The molecular formula is C24H31N3O6. The summed E-state index contributed by atoms with van der Waals surface area (Å²) in [7, 11) is 3.20. The van der Waals surface area contributed by atoms with E-state index in [0.717, 1.165) is 17.5 Å². The molecule has 9 heteroatoms. The van der Waals surface area contributed by atoms with E-state index in [0.29, 0.717) is 54.6 Å². The number of hydrogen-bond donors (Lipinski definition) is 4. The highest BCUT2D eigenvalue weighted by Gasteiger charge is 2.22. The molecule has 0 saturated carbocycles. The minimum absolute atomic E-state index is 0.0420. The van der Waals surface area contributed by atoms with Crippen molar-refractivity contribution in [2.75, 3.05) is 44.5 Å². The number of ether oxygens (including phenoxy) is 3. The number of carbonyl (C=O) groups is 2. The first-order chi connectivity index (χ1) is 15.9. The van der Waals surface area contributed by atoms with Crippen LogP contribution in [0, 0.1) is 0 Å². The molecule has 2 amide bonds. The third-order valence-electron chi connectivity index (χ3n) is 5.29. The number of rotatable bonds is 11. The quantitative estimate of drug-likeness (QED) is 0.382. The lowest BCUT2D eigenvalue weighted by Crippen LogP contribution is -2.33. The number of methoxy groups -OCH3 is 2. The predicted molar refractivity (Wildman–Crippen MR) is 125 cm³/mol. The molecule has 0 saturated heterocycles. The van der Waals surface area contributed by atoms with Gasteiger partial charge in [-0.05, 0) is 49.2 Å². The maximum atomic E-state index is 11.7. The van der Waals surface area contributed by atoms with E-state index >= 15 is 0 Å². The fourth-order valence-electron chi connectivity index (χ4n) is 3.67. The van der Waals surface area contributed by atoms with E-state index in [1.165, 1.54) is 6.92 Å². The van der Waals surface area contributed by atoms with Crippen molar-refractivity contribution < 1.29 is 28.9 Å². The fraction of sp³-hybridized carbons (Fsp3) is 0.417. The second-order valence-electron chi connectivity index (χ2n) is 7.81. The van der Waals surface area contributed by atoms with Gasteiger partial charge in [-0.25, -0.2) is 0 Å². The van der Waals surface area contributed by atoms with E-state index in [-0.39, 0.29) is 18.4 Å². The largest absolute Gasteiger partial charge is 0.493 e. The molecule has 178 valence electrons. The van der Waals surface area contributed by atoms with Gasteiger partial charge >= 0.3 is 0 Å². The summed E-state index contributed by atoms with van der Waals surface area (Å²) in [5.74, 6) is 1.56. The van der Waals surface area contributed by atoms with Crippen molar-refractivity contribution in [3.05, 3.63) is 41.5 Å². The highest BCUT2D eigenvalue weighted by Crippen LogP contribution is 2.37. The first kappa shape index (κ1) is 24.3. The van der Waals surface area contributed by atoms with Gasteiger partial charge in [0.15, 0.2) is 11.5 Å². The van der Waals surface area contributed by atoms with Crippen LogP contribution in [0.25, 0.3) is 0 Å². The van der Waals surface area contributed by atoms with Crippen LogP contribution in [0.2, 0.25) is 0 Å². The summed E-state index contributed by atoms with van der Waals surface area (Å²) in [6.07, 6.45) is 0.845. The molecule has 1 atom stereocenters. The summed E-state index contributed by atoms with van der Waals surface area (Å²) in [6, 6.07) is 9.21. The number of anilines is 2. The normalized spacial score (nSPS) is 13.5. The molecule has 9 nitrogen and oxygen atoms in total. The Hall–Kier alpha value is -3.30. The average molecular weight is 458 g/mol. The van der Waals surface area contributed by atoms with Crippen LogP contribution >= 0.6 is 0 Å². The molecule has 2 aromatic carbocycles. The standard InChI is InChI=1S/C24H31N3O6/c1-15(28)26-20-7-6-19-18(5-9-23(30)27-19)24(20)33-14-17(29)13-25-11-10-16-4-8-21(31-2)22(12-16)32-3/h4,6-8,12,17,25,29H,5,9-11,13-14H2,1-3H3,(H,26,28)(H,27,30). The molecule has 1 unspecified atom stereocenters. The monoisotopic (exact) mass is 457 g/mol. The van der Waals surface area contributed by atoms with Gasteiger partial charge in [0.1, 0.15) is 18.5 Å². The van der Waals surface area contributed by atoms with Crippen molar-refractivity contribution >= 4 is 23.2 Å². The zero-order valence-electron chi connectivity index (χ0n) is 19.2. The van der Waals surface area contributed by atoms with Crippen LogP contribution < -0.4 is 30.2 Å². The van der Waals surface area contributed by atoms with Gasteiger partial charge in [0.2, 0.25) is 11.8 Å². The van der Waals surface area contributed by atoms with Gasteiger partial charge < -0.3 is 35.3 Å². The molecule has 1 heterocycles. The number of benzene rings is 2. The molecule has 2 aromatic rings. The second kappa shape index (κ2) is 11.5. The third-order valence-corrected chi connectivity index (χ3v) is 5.29. The van der Waals surface area contributed by atoms with Crippen LogP contribution in [-0.2, 0) is 22.4 Å². The first-order valence-corrected chi connectivity index (χ1v) is 10.9. The van der Waals surface area contributed by atoms with E-state index in [1.54, 1.807) is 26.4 Å². The van der Waals surface area contributed by atoms with Crippen molar-refractivity contribution in [1.82, 2.24) is 5.32 Å². The van der Waals surface area contributed by atoms with Gasteiger partial charge in [0.25, 0.3) is 0 Å². The average Bonchev–Trinajstić information content (AvgIpc) is 2.80. The summed E-state index contributed by atoms with van der Waals surface area (Å²) in [4.78, 5) is 23.3. The Labute approximate surface area is 193 Å². The number of hydrogen-bond acceptors (Lipinski definition) is 7. The first-order valence-electron chi connectivity index (χ1n) is 10.9. The van der Waals surface area contributed by atoms with Crippen LogP contribution in [-0.4, -0.2) is 56.9 Å². The maximum absolute atomic E-state index is 11.7. The van der Waals surface area contributed by atoms with Crippen LogP contribution in [0.5, 0.6) is 17.2 Å². The lowest BCUT2D eigenvalue weighted by molar-refractivity contribution is -0.116. The highest BCUT2D eigenvalue weighted by molar-refractivity contribution is 5.97. The van der Waals surface area contributed by atoms with E-state index in [2.05, 4.69) is 16.0 Å². The van der Waals surface area contributed by atoms with E-state index in [1.807, 2.05) is 18.2 Å². The molecule has 0 aromatic heterocycles. The molecular weight excluding hydrogens is 426 g/mol. The molecule has 4 N–H and O–H groups in total. The summed E-state index contributed by atoms with van der Waals surface area (Å²) < 4.78 is 16.5. The Morgan fingerprint density at radius 1 is 1.15 bits per heavy atom. The molecule has 0 radical (unpaired) electrons. The van der Waals surface area contributed by atoms with E-state index in [9.17, 15) is 14.7 Å². The molecule has 0 fully saturated rings. The summed E-state index contributed by atoms with van der Waals surface area (Å²) in [5, 5.41) is 19.2. The third kappa shape index (κ3) is 6.59. The zero-order valence-corrected chi connectivity index (χ0v) is 19.2. The van der Waals surface area contributed by atoms with Crippen molar-refractivity contribution in [1.29, 1.82) is 0 Å². The number of aliphatic hydroxyl groups is 1. The van der Waals surface area contributed by atoms with Gasteiger partial charge in [0, 0.05) is 31.1 Å². The lowest BCUT2D eigenvalue weighted by Gasteiger charge is -2.23. The van der Waals surface area contributed by atoms with Crippen molar-refractivity contribution in [2.45, 2.75) is 32.3 Å². The Balaban J connectivity index is 1.53. The fourth-order valence-corrected chi connectivity index (χ4v) is 3.67. The Morgan fingerprint density at radius 2 is 1.94 bits per heavy atom. The van der Waals surface area contributed by atoms with Crippen molar-refractivity contribution in [3.8, 4) is 17.2 Å². The number of aliphatic hydroxyl groups excluding tert-OH is 1. The number of amides is 2. The maximum Gasteiger partial charge on any atom is 0.224 e. The second-order valence-corrected chi connectivity index (χ2v) is 7.81. The number of fused-ring (bicyclic) bond motifs is 1. The van der Waals surface area contributed by atoms with Crippen LogP contribution in [0.3, 0.4) is 0 Å².